The molecule has 0 saturated heterocycles. The first-order valence-corrected chi connectivity index (χ1v) is 3.90. The molecular weight excluding hydrogens is 174 g/mol. The third-order valence-electron chi connectivity index (χ3n) is 1.11. The van der Waals surface area contributed by atoms with E-state index in [4.69, 9.17) is 10.5 Å². The molecular formula is C8H14NO4-. The average molecular weight is 188 g/mol. The van der Waals surface area contributed by atoms with Crippen molar-refractivity contribution in [2.75, 3.05) is 0 Å². The van der Waals surface area contributed by atoms with Gasteiger partial charge in [0.1, 0.15) is 5.60 Å². The monoisotopic (exact) mass is 188 g/mol. The normalized spacial score (nSPS) is 13.5. The molecule has 76 valence electrons. The maximum Gasteiger partial charge on any atom is 0.308 e. The Hall–Kier alpha value is -1.10. The van der Waals surface area contributed by atoms with Gasteiger partial charge in [-0.25, -0.2) is 0 Å². The molecule has 0 bridgehead atoms. The van der Waals surface area contributed by atoms with Crippen molar-refractivity contribution in [2.45, 2.75) is 38.8 Å². The molecule has 0 saturated carbocycles. The largest absolute Gasteiger partial charge is 0.548 e. The van der Waals surface area contributed by atoms with E-state index in [0.29, 0.717) is 0 Å². The molecule has 0 aromatic carbocycles. The third kappa shape index (κ3) is 6.10. The molecule has 0 radical (unpaired) electrons. The zero-order valence-corrected chi connectivity index (χ0v) is 7.99. The van der Waals surface area contributed by atoms with Gasteiger partial charge in [0.2, 0.25) is 0 Å². The maximum absolute atomic E-state index is 11.0. The summed E-state index contributed by atoms with van der Waals surface area (Å²) >= 11 is 0. The number of aliphatic carboxylic acids is 1. The van der Waals surface area contributed by atoms with Crippen LogP contribution in [0.4, 0.5) is 0 Å². The number of rotatable bonds is 3. The lowest BCUT2D eigenvalue weighted by Crippen LogP contribution is -2.44. The van der Waals surface area contributed by atoms with E-state index in [1.165, 1.54) is 0 Å². The second-order valence-electron chi connectivity index (χ2n) is 3.72. The Morgan fingerprint density at radius 1 is 1.46 bits per heavy atom. The number of hydrogen-bond acceptors (Lipinski definition) is 5. The fourth-order valence-electron chi connectivity index (χ4n) is 0.646. The van der Waals surface area contributed by atoms with Crippen molar-refractivity contribution in [3.8, 4) is 0 Å². The van der Waals surface area contributed by atoms with E-state index >= 15 is 0 Å². The summed E-state index contributed by atoms with van der Waals surface area (Å²) in [6.07, 6.45) is -0.362. The second kappa shape index (κ2) is 4.23. The Bertz CT molecular complexity index is 207. The summed E-state index contributed by atoms with van der Waals surface area (Å²) in [7, 11) is 0. The Kier molecular flexibility index (Phi) is 3.87. The van der Waals surface area contributed by atoms with E-state index in [1.54, 1.807) is 20.8 Å². The first kappa shape index (κ1) is 11.9. The Morgan fingerprint density at radius 2 is 1.92 bits per heavy atom. The van der Waals surface area contributed by atoms with Crippen molar-refractivity contribution >= 4 is 11.9 Å². The molecule has 5 nitrogen and oxygen atoms in total. The first-order chi connectivity index (χ1) is 5.72. The Balaban J connectivity index is 3.96. The lowest BCUT2D eigenvalue weighted by atomic mass is 10.2. The van der Waals surface area contributed by atoms with E-state index in [-0.39, 0.29) is 6.42 Å². The number of hydrogen-bond donors (Lipinski definition) is 1. The molecule has 0 amide bonds. The van der Waals surface area contributed by atoms with Crippen LogP contribution in [0.5, 0.6) is 0 Å². The predicted molar refractivity (Wildman–Crippen MR) is 43.4 cm³/mol. The molecule has 1 unspecified atom stereocenters. The highest BCUT2D eigenvalue weighted by Gasteiger charge is 2.18. The molecule has 0 aliphatic carbocycles. The molecule has 2 N–H and O–H groups in total. The van der Waals surface area contributed by atoms with Gasteiger partial charge in [0, 0.05) is 0 Å². The van der Waals surface area contributed by atoms with Gasteiger partial charge in [-0.15, -0.1) is 0 Å². The van der Waals surface area contributed by atoms with Crippen LogP contribution < -0.4 is 10.8 Å². The van der Waals surface area contributed by atoms with Crippen LogP contribution in [0.2, 0.25) is 0 Å². The smallest absolute Gasteiger partial charge is 0.308 e. The van der Waals surface area contributed by atoms with Gasteiger partial charge in [0.25, 0.3) is 0 Å². The Labute approximate surface area is 76.9 Å². The molecule has 0 aliphatic heterocycles. The Morgan fingerprint density at radius 3 is 2.23 bits per heavy atom. The topological polar surface area (TPSA) is 92.5 Å². The summed E-state index contributed by atoms with van der Waals surface area (Å²) in [4.78, 5) is 21.1. The molecule has 0 aromatic heterocycles. The fraction of sp³-hybridized carbons (Fsp3) is 0.750. The molecule has 5 heteroatoms. The summed E-state index contributed by atoms with van der Waals surface area (Å²) in [5.74, 6) is -2.09. The van der Waals surface area contributed by atoms with Crippen molar-refractivity contribution in [2.24, 2.45) is 5.73 Å². The van der Waals surface area contributed by atoms with Crippen LogP contribution in [-0.2, 0) is 14.3 Å². The summed E-state index contributed by atoms with van der Waals surface area (Å²) in [5.41, 5.74) is 4.45. The maximum atomic E-state index is 11.0. The summed E-state index contributed by atoms with van der Waals surface area (Å²) < 4.78 is 4.85. The van der Waals surface area contributed by atoms with Crippen molar-refractivity contribution < 1.29 is 19.4 Å². The quantitative estimate of drug-likeness (QED) is 0.561. The van der Waals surface area contributed by atoms with Crippen molar-refractivity contribution in [3.63, 3.8) is 0 Å². The number of carbonyl (C=O) groups is 2. The van der Waals surface area contributed by atoms with Gasteiger partial charge in [-0.05, 0) is 20.8 Å². The van der Waals surface area contributed by atoms with Crippen LogP contribution in [0, 0.1) is 0 Å². The minimum atomic E-state index is -1.45. The summed E-state index contributed by atoms with van der Waals surface area (Å²) in [6.45, 7) is 5.07. The van der Waals surface area contributed by atoms with Crippen molar-refractivity contribution in [1.82, 2.24) is 0 Å². The van der Waals surface area contributed by atoms with Crippen LogP contribution >= 0.6 is 0 Å². The average Bonchev–Trinajstić information content (AvgIpc) is 1.81. The highest BCUT2D eigenvalue weighted by atomic mass is 16.6. The van der Waals surface area contributed by atoms with E-state index in [0.717, 1.165) is 0 Å². The zero-order chi connectivity index (χ0) is 10.6. The lowest BCUT2D eigenvalue weighted by molar-refractivity contribution is -0.307. The highest BCUT2D eigenvalue weighted by molar-refractivity contribution is 5.80. The number of esters is 1. The van der Waals surface area contributed by atoms with Gasteiger partial charge in [-0.2, -0.15) is 0 Å². The molecule has 0 aliphatic rings. The summed E-state index contributed by atoms with van der Waals surface area (Å²) in [5, 5.41) is 10.2. The van der Waals surface area contributed by atoms with Gasteiger partial charge >= 0.3 is 5.97 Å². The van der Waals surface area contributed by atoms with Crippen molar-refractivity contribution in [3.05, 3.63) is 0 Å². The number of carboxylic acid groups (broad SMARTS) is 1. The van der Waals surface area contributed by atoms with Crippen molar-refractivity contribution in [1.29, 1.82) is 0 Å². The van der Waals surface area contributed by atoms with Gasteiger partial charge in [-0.1, -0.05) is 0 Å². The zero-order valence-electron chi connectivity index (χ0n) is 7.99. The standard InChI is InChI=1S/C8H15NO4/c1-8(2,3)13-6(10)4-5(9)7(11)12/h5H,4,9H2,1-3H3,(H,11,12)/p-1. The fourth-order valence-corrected chi connectivity index (χ4v) is 0.646. The van der Waals surface area contributed by atoms with Crippen LogP contribution in [0.15, 0.2) is 0 Å². The van der Waals surface area contributed by atoms with E-state index in [1.807, 2.05) is 0 Å². The minimum Gasteiger partial charge on any atom is -0.548 e. The second-order valence-corrected chi connectivity index (χ2v) is 3.72. The first-order valence-electron chi connectivity index (χ1n) is 3.90. The minimum absolute atomic E-state index is 0.362. The van der Waals surface area contributed by atoms with Gasteiger partial charge in [0.15, 0.2) is 0 Å². The number of carbonyl (C=O) groups excluding carboxylic acids is 2. The molecule has 0 fully saturated rings. The molecule has 0 rings (SSSR count). The molecule has 1 atom stereocenters. The van der Waals surface area contributed by atoms with Gasteiger partial charge < -0.3 is 20.4 Å². The van der Waals surface area contributed by atoms with E-state index < -0.39 is 23.6 Å². The number of carboxylic acids is 1. The molecule has 0 heterocycles. The summed E-state index contributed by atoms with van der Waals surface area (Å²) in [6, 6.07) is -1.30. The molecule has 13 heavy (non-hydrogen) atoms. The number of ether oxygens (including phenoxy) is 1. The molecule has 0 spiro atoms. The van der Waals surface area contributed by atoms with Crippen LogP contribution in [-0.4, -0.2) is 23.6 Å². The molecule has 0 aromatic rings. The predicted octanol–water partition coefficient (Wildman–Crippen LogP) is -1.20. The van der Waals surface area contributed by atoms with Crippen LogP contribution in [0.3, 0.4) is 0 Å². The lowest BCUT2D eigenvalue weighted by Gasteiger charge is -2.21. The van der Waals surface area contributed by atoms with E-state index in [2.05, 4.69) is 0 Å². The SMILES string of the molecule is CC(C)(C)OC(=O)CC(N)C(=O)[O-]. The van der Waals surface area contributed by atoms with Crippen LogP contribution in [0.1, 0.15) is 27.2 Å². The van der Waals surface area contributed by atoms with Gasteiger partial charge in [0.05, 0.1) is 18.4 Å². The van der Waals surface area contributed by atoms with E-state index in [9.17, 15) is 14.7 Å². The number of nitrogens with two attached hydrogens (primary N) is 1. The van der Waals surface area contributed by atoms with Crippen LogP contribution in [0.25, 0.3) is 0 Å². The third-order valence-corrected chi connectivity index (χ3v) is 1.11. The highest BCUT2D eigenvalue weighted by Crippen LogP contribution is 2.08. The van der Waals surface area contributed by atoms with Gasteiger partial charge in [-0.3, -0.25) is 4.79 Å².